The Labute approximate surface area is 158 Å². The lowest BCUT2D eigenvalue weighted by Crippen LogP contribution is -2.35. The van der Waals surface area contributed by atoms with Gasteiger partial charge in [-0.1, -0.05) is 18.1 Å². The normalized spacial score (nSPS) is 10.0. The minimum atomic E-state index is -0.254. The summed E-state index contributed by atoms with van der Waals surface area (Å²) >= 11 is 1.65. The first kappa shape index (κ1) is 19.5. The molecule has 2 amide bonds. The maximum atomic E-state index is 12.1. The number of hydrogen-bond donors (Lipinski definition) is 1. The molecule has 0 saturated carbocycles. The summed E-state index contributed by atoms with van der Waals surface area (Å²) < 4.78 is 0. The number of amides is 2. The first-order valence-corrected chi connectivity index (χ1v) is 9.32. The van der Waals surface area contributed by atoms with Gasteiger partial charge in [0.2, 0.25) is 11.8 Å². The molecule has 1 heterocycles. The van der Waals surface area contributed by atoms with Gasteiger partial charge in [0.15, 0.2) is 0 Å². The minimum absolute atomic E-state index is 0.00399. The number of aromatic nitrogens is 1. The number of likely N-dealkylation sites (N-methyl/N-ethyl adjacent to an activating group) is 1. The number of terminal acetylenes is 1. The predicted octanol–water partition coefficient (Wildman–Crippen LogP) is 2.78. The molecule has 26 heavy (non-hydrogen) atoms. The maximum Gasteiger partial charge on any atom is 0.243 e. The first-order valence-electron chi connectivity index (χ1n) is 8.16. The lowest BCUT2D eigenvalue weighted by Gasteiger charge is -2.16. The molecule has 0 aliphatic heterocycles. The van der Waals surface area contributed by atoms with Crippen LogP contribution in [0.15, 0.2) is 48.7 Å². The third-order valence-electron chi connectivity index (χ3n) is 3.56. The molecule has 0 atom stereocenters. The summed E-state index contributed by atoms with van der Waals surface area (Å²) in [5, 5.41) is 2.75. The number of nitrogens with one attached hydrogen (secondary N) is 1. The Bertz CT molecular complexity index is 787. The van der Waals surface area contributed by atoms with Gasteiger partial charge >= 0.3 is 0 Å². The Morgan fingerprint density at radius 2 is 2.12 bits per heavy atom. The molecule has 2 rings (SSSR count). The molecule has 0 saturated heterocycles. The Balaban J connectivity index is 1.70. The third kappa shape index (κ3) is 6.61. The van der Waals surface area contributed by atoms with Gasteiger partial charge in [0, 0.05) is 42.4 Å². The zero-order valence-electron chi connectivity index (χ0n) is 14.6. The topological polar surface area (TPSA) is 62.3 Å². The molecule has 0 bridgehead atoms. The van der Waals surface area contributed by atoms with Crippen LogP contribution < -0.4 is 5.32 Å². The van der Waals surface area contributed by atoms with Gasteiger partial charge in [0.1, 0.15) is 0 Å². The van der Waals surface area contributed by atoms with Crippen LogP contribution in [0, 0.1) is 12.3 Å². The fourth-order valence-corrected chi connectivity index (χ4v) is 3.04. The number of rotatable bonds is 8. The molecular formula is C20H21N3O2S. The Kier molecular flexibility index (Phi) is 7.72. The summed E-state index contributed by atoms with van der Waals surface area (Å²) in [6.07, 6.45) is 7.48. The van der Waals surface area contributed by atoms with Crippen LogP contribution in [-0.4, -0.2) is 41.0 Å². The SMILES string of the molecule is C#Cc1cccc(NC(=O)CN(C)C(=O)CCSCc2ccccn2)c1. The van der Waals surface area contributed by atoms with Crippen molar-refractivity contribution in [2.24, 2.45) is 0 Å². The van der Waals surface area contributed by atoms with Crippen LogP contribution in [0.1, 0.15) is 17.7 Å². The van der Waals surface area contributed by atoms with E-state index in [1.54, 1.807) is 49.3 Å². The van der Waals surface area contributed by atoms with Crippen molar-refractivity contribution in [3.8, 4) is 12.3 Å². The molecule has 5 nitrogen and oxygen atoms in total. The van der Waals surface area contributed by atoms with Gasteiger partial charge in [-0.25, -0.2) is 0 Å². The van der Waals surface area contributed by atoms with E-state index < -0.39 is 0 Å². The second-order valence-electron chi connectivity index (χ2n) is 5.65. The number of nitrogens with zero attached hydrogens (tertiary/aromatic N) is 2. The van der Waals surface area contributed by atoms with Gasteiger partial charge in [-0.05, 0) is 30.3 Å². The number of benzene rings is 1. The van der Waals surface area contributed by atoms with E-state index in [-0.39, 0.29) is 18.4 Å². The van der Waals surface area contributed by atoms with Crippen LogP contribution in [-0.2, 0) is 15.3 Å². The predicted molar refractivity (Wildman–Crippen MR) is 106 cm³/mol. The smallest absolute Gasteiger partial charge is 0.243 e. The van der Waals surface area contributed by atoms with Crippen molar-refractivity contribution in [1.29, 1.82) is 0 Å². The number of anilines is 1. The fourth-order valence-electron chi connectivity index (χ4n) is 2.20. The van der Waals surface area contributed by atoms with Crippen LogP contribution in [0.25, 0.3) is 0 Å². The molecule has 1 aromatic carbocycles. The maximum absolute atomic E-state index is 12.1. The highest BCUT2D eigenvalue weighted by molar-refractivity contribution is 7.98. The minimum Gasteiger partial charge on any atom is -0.336 e. The Hall–Kier alpha value is -2.78. The largest absolute Gasteiger partial charge is 0.336 e. The highest BCUT2D eigenvalue weighted by atomic mass is 32.2. The molecule has 2 aromatic rings. The Morgan fingerprint density at radius 1 is 1.27 bits per heavy atom. The molecule has 0 fully saturated rings. The van der Waals surface area contributed by atoms with E-state index in [2.05, 4.69) is 16.2 Å². The first-order chi connectivity index (χ1) is 12.6. The lowest BCUT2D eigenvalue weighted by atomic mass is 10.2. The number of thioether (sulfide) groups is 1. The van der Waals surface area contributed by atoms with Crippen molar-refractivity contribution in [2.45, 2.75) is 12.2 Å². The van der Waals surface area contributed by atoms with Gasteiger partial charge in [-0.15, -0.1) is 6.42 Å². The molecule has 0 aliphatic carbocycles. The molecule has 0 aliphatic rings. The van der Waals surface area contributed by atoms with Gasteiger partial charge in [0.05, 0.1) is 12.2 Å². The van der Waals surface area contributed by atoms with E-state index in [1.807, 2.05) is 18.2 Å². The fraction of sp³-hybridized carbons (Fsp3) is 0.250. The van der Waals surface area contributed by atoms with Crippen molar-refractivity contribution in [3.05, 3.63) is 59.9 Å². The lowest BCUT2D eigenvalue weighted by molar-refractivity contribution is -0.132. The molecule has 1 N–H and O–H groups in total. The molecule has 0 radical (unpaired) electrons. The van der Waals surface area contributed by atoms with E-state index in [0.717, 1.165) is 11.4 Å². The van der Waals surface area contributed by atoms with Gasteiger partial charge < -0.3 is 10.2 Å². The summed E-state index contributed by atoms with van der Waals surface area (Å²) in [6.45, 7) is 0.00399. The second-order valence-corrected chi connectivity index (χ2v) is 6.75. The van der Waals surface area contributed by atoms with Crippen LogP contribution in [0.4, 0.5) is 5.69 Å². The molecule has 134 valence electrons. The monoisotopic (exact) mass is 367 g/mol. The number of pyridine rings is 1. The number of carbonyl (C=O) groups excluding carboxylic acids is 2. The summed E-state index contributed by atoms with van der Waals surface area (Å²) in [7, 11) is 1.63. The van der Waals surface area contributed by atoms with E-state index in [9.17, 15) is 9.59 Å². The Morgan fingerprint density at radius 3 is 2.85 bits per heavy atom. The zero-order valence-corrected chi connectivity index (χ0v) is 15.5. The van der Waals surface area contributed by atoms with E-state index >= 15 is 0 Å². The summed E-state index contributed by atoms with van der Waals surface area (Å²) in [5.41, 5.74) is 2.31. The number of carbonyl (C=O) groups is 2. The summed E-state index contributed by atoms with van der Waals surface area (Å²) in [6, 6.07) is 12.8. The van der Waals surface area contributed by atoms with Crippen LogP contribution in [0.3, 0.4) is 0 Å². The van der Waals surface area contributed by atoms with Crippen LogP contribution in [0.2, 0.25) is 0 Å². The zero-order chi connectivity index (χ0) is 18.8. The molecule has 0 spiro atoms. The molecule has 1 aromatic heterocycles. The van der Waals surface area contributed by atoms with Crippen LogP contribution in [0.5, 0.6) is 0 Å². The van der Waals surface area contributed by atoms with Gasteiger partial charge in [-0.2, -0.15) is 11.8 Å². The quantitative estimate of drug-likeness (QED) is 0.576. The average Bonchev–Trinajstić information content (AvgIpc) is 2.65. The van der Waals surface area contributed by atoms with Gasteiger partial charge in [-0.3, -0.25) is 14.6 Å². The van der Waals surface area contributed by atoms with E-state index in [4.69, 9.17) is 6.42 Å². The average molecular weight is 367 g/mol. The van der Waals surface area contributed by atoms with E-state index in [0.29, 0.717) is 23.4 Å². The second kappa shape index (κ2) is 10.3. The molecule has 6 heteroatoms. The van der Waals surface area contributed by atoms with Crippen LogP contribution >= 0.6 is 11.8 Å². The standard InChI is InChI=1S/C20H21N3O2S/c1-3-16-7-6-9-17(13-16)22-19(24)14-23(2)20(25)10-12-26-15-18-8-4-5-11-21-18/h1,4-9,11,13H,10,12,14-15H2,2H3,(H,22,24). The van der Waals surface area contributed by atoms with E-state index in [1.165, 1.54) is 4.90 Å². The van der Waals surface area contributed by atoms with Crippen molar-refractivity contribution < 1.29 is 9.59 Å². The number of hydrogen-bond acceptors (Lipinski definition) is 4. The highest BCUT2D eigenvalue weighted by Gasteiger charge is 2.13. The van der Waals surface area contributed by atoms with Crippen molar-refractivity contribution in [1.82, 2.24) is 9.88 Å². The van der Waals surface area contributed by atoms with Crippen molar-refractivity contribution in [2.75, 3.05) is 24.7 Å². The highest BCUT2D eigenvalue weighted by Crippen LogP contribution is 2.12. The van der Waals surface area contributed by atoms with Crippen molar-refractivity contribution >= 4 is 29.3 Å². The molecular weight excluding hydrogens is 346 g/mol. The summed E-state index contributed by atoms with van der Waals surface area (Å²) in [5.74, 6) is 3.65. The van der Waals surface area contributed by atoms with Gasteiger partial charge in [0.25, 0.3) is 0 Å². The third-order valence-corrected chi connectivity index (χ3v) is 4.55. The van der Waals surface area contributed by atoms with Crippen molar-refractivity contribution in [3.63, 3.8) is 0 Å². The summed E-state index contributed by atoms with van der Waals surface area (Å²) in [4.78, 5) is 29.9. The molecule has 0 unspecified atom stereocenters.